The molecule has 0 saturated heterocycles. The molecule has 1 aromatic rings. The number of halogens is 2. The van der Waals surface area contributed by atoms with Gasteiger partial charge in [0.2, 0.25) is 5.95 Å². The van der Waals surface area contributed by atoms with E-state index in [9.17, 15) is 4.39 Å². The smallest absolute Gasteiger partial charge is 0.216 e. The lowest BCUT2D eigenvalue weighted by molar-refractivity contribution is 0.283. The third-order valence-corrected chi connectivity index (χ3v) is 2.55. The number of nitrogens with zero attached hydrogens (tertiary/aromatic N) is 2. The first-order valence-electron chi connectivity index (χ1n) is 5.74. The van der Waals surface area contributed by atoms with Gasteiger partial charge in [0, 0.05) is 25.3 Å². The van der Waals surface area contributed by atoms with Crippen molar-refractivity contribution in [3.8, 4) is 0 Å². The summed E-state index contributed by atoms with van der Waals surface area (Å²) >= 11 is 0. The minimum Gasteiger partial charge on any atom is -0.396 e. The van der Waals surface area contributed by atoms with Crippen LogP contribution in [0, 0.1) is 12.9 Å². The first-order valence-corrected chi connectivity index (χ1v) is 5.74. The monoisotopic (exact) mass is 265 g/mol. The lowest BCUT2D eigenvalue weighted by Gasteiger charge is -2.03. The van der Waals surface area contributed by atoms with E-state index in [2.05, 4.69) is 10.4 Å². The number of hydrogen-bond donors (Lipinski definition) is 2. The Bertz CT molecular complexity index is 331. The van der Waals surface area contributed by atoms with Crippen LogP contribution < -0.4 is 5.32 Å². The molecule has 1 aromatic heterocycles. The average Bonchev–Trinajstić information content (AvgIpc) is 2.55. The van der Waals surface area contributed by atoms with Crippen molar-refractivity contribution in [1.82, 2.24) is 15.1 Å². The molecule has 0 unspecified atom stereocenters. The first kappa shape index (κ1) is 16.4. The van der Waals surface area contributed by atoms with E-state index >= 15 is 0 Å². The van der Waals surface area contributed by atoms with Crippen molar-refractivity contribution in [1.29, 1.82) is 0 Å². The molecule has 0 aliphatic heterocycles. The van der Waals surface area contributed by atoms with Crippen LogP contribution in [0.5, 0.6) is 0 Å². The van der Waals surface area contributed by atoms with Gasteiger partial charge in [0.25, 0.3) is 0 Å². The van der Waals surface area contributed by atoms with Crippen molar-refractivity contribution < 1.29 is 9.50 Å². The minimum absolute atomic E-state index is 0. The number of aromatic nitrogens is 2. The van der Waals surface area contributed by atoms with Crippen LogP contribution in [0.25, 0.3) is 0 Å². The normalized spacial score (nSPS) is 10.4. The lowest BCUT2D eigenvalue weighted by atomic mass is 10.2. The Morgan fingerprint density at radius 1 is 1.41 bits per heavy atom. The van der Waals surface area contributed by atoms with E-state index in [1.54, 1.807) is 0 Å². The van der Waals surface area contributed by atoms with Gasteiger partial charge in [-0.1, -0.05) is 0 Å². The molecule has 0 radical (unpaired) electrons. The maximum atomic E-state index is 13.7. The Morgan fingerprint density at radius 3 is 2.65 bits per heavy atom. The SMILES string of the molecule is CCn1nc(C)c(CNCCCCO)c1F.Cl. The summed E-state index contributed by atoms with van der Waals surface area (Å²) in [5.74, 6) is -0.241. The van der Waals surface area contributed by atoms with Crippen LogP contribution >= 0.6 is 12.4 Å². The van der Waals surface area contributed by atoms with Gasteiger partial charge in [-0.25, -0.2) is 4.68 Å². The van der Waals surface area contributed by atoms with Crippen LogP contribution in [-0.2, 0) is 13.1 Å². The fourth-order valence-corrected chi connectivity index (χ4v) is 1.58. The summed E-state index contributed by atoms with van der Waals surface area (Å²) in [6, 6.07) is 0. The maximum Gasteiger partial charge on any atom is 0.216 e. The quantitative estimate of drug-likeness (QED) is 0.737. The number of nitrogens with one attached hydrogen (secondary N) is 1. The van der Waals surface area contributed by atoms with Gasteiger partial charge in [-0.05, 0) is 33.2 Å². The van der Waals surface area contributed by atoms with Crippen LogP contribution in [0.15, 0.2) is 0 Å². The zero-order chi connectivity index (χ0) is 12.0. The van der Waals surface area contributed by atoms with Gasteiger partial charge in [-0.3, -0.25) is 0 Å². The molecule has 0 amide bonds. The zero-order valence-corrected chi connectivity index (χ0v) is 11.2. The van der Waals surface area contributed by atoms with Gasteiger partial charge in [0.1, 0.15) is 0 Å². The summed E-state index contributed by atoms with van der Waals surface area (Å²) in [6.07, 6.45) is 1.68. The molecule has 17 heavy (non-hydrogen) atoms. The van der Waals surface area contributed by atoms with E-state index in [-0.39, 0.29) is 25.0 Å². The molecule has 1 rings (SSSR count). The average molecular weight is 266 g/mol. The van der Waals surface area contributed by atoms with E-state index < -0.39 is 0 Å². The van der Waals surface area contributed by atoms with Gasteiger partial charge in [-0.2, -0.15) is 9.49 Å². The summed E-state index contributed by atoms with van der Waals surface area (Å²) in [5, 5.41) is 15.9. The highest BCUT2D eigenvalue weighted by atomic mass is 35.5. The summed E-state index contributed by atoms with van der Waals surface area (Å²) in [7, 11) is 0. The van der Waals surface area contributed by atoms with E-state index in [0.717, 1.165) is 25.1 Å². The molecule has 1 heterocycles. The summed E-state index contributed by atoms with van der Waals surface area (Å²) < 4.78 is 15.1. The molecule has 0 atom stereocenters. The molecule has 0 bridgehead atoms. The molecular weight excluding hydrogens is 245 g/mol. The topological polar surface area (TPSA) is 50.1 Å². The van der Waals surface area contributed by atoms with Crippen molar-refractivity contribution in [2.45, 2.75) is 39.8 Å². The fraction of sp³-hybridized carbons (Fsp3) is 0.727. The molecule has 0 spiro atoms. The number of aryl methyl sites for hydroxylation is 2. The number of aliphatic hydroxyl groups excluding tert-OH is 1. The Balaban J connectivity index is 0.00000256. The predicted molar refractivity (Wildman–Crippen MR) is 67.9 cm³/mol. The molecule has 0 aliphatic rings. The van der Waals surface area contributed by atoms with Crippen LogP contribution in [0.2, 0.25) is 0 Å². The highest BCUT2D eigenvalue weighted by Crippen LogP contribution is 2.11. The van der Waals surface area contributed by atoms with Crippen LogP contribution in [0.1, 0.15) is 31.0 Å². The largest absolute Gasteiger partial charge is 0.396 e. The van der Waals surface area contributed by atoms with Crippen molar-refractivity contribution >= 4 is 12.4 Å². The highest BCUT2D eigenvalue weighted by molar-refractivity contribution is 5.85. The number of rotatable bonds is 7. The Hall–Kier alpha value is -0.650. The minimum atomic E-state index is -0.241. The summed E-state index contributed by atoms with van der Waals surface area (Å²) in [5.41, 5.74) is 1.39. The van der Waals surface area contributed by atoms with E-state index in [0.29, 0.717) is 18.7 Å². The molecule has 100 valence electrons. The second-order valence-corrected chi connectivity index (χ2v) is 3.78. The summed E-state index contributed by atoms with van der Waals surface area (Å²) in [4.78, 5) is 0. The fourth-order valence-electron chi connectivity index (χ4n) is 1.58. The first-order chi connectivity index (χ1) is 7.70. The van der Waals surface area contributed by atoms with Gasteiger partial charge in [-0.15, -0.1) is 12.4 Å². The zero-order valence-electron chi connectivity index (χ0n) is 10.4. The Morgan fingerprint density at radius 2 is 2.12 bits per heavy atom. The third kappa shape index (κ3) is 4.61. The molecule has 0 aromatic carbocycles. The van der Waals surface area contributed by atoms with Crippen molar-refractivity contribution in [2.24, 2.45) is 0 Å². The standard InChI is InChI=1S/C11H20FN3O.ClH/c1-3-15-11(12)10(9(2)14-15)8-13-6-4-5-7-16;/h13,16H,3-8H2,1-2H3;1H. The van der Waals surface area contributed by atoms with Crippen LogP contribution in [-0.4, -0.2) is 28.0 Å². The van der Waals surface area contributed by atoms with E-state index in [1.807, 2.05) is 13.8 Å². The van der Waals surface area contributed by atoms with E-state index in [4.69, 9.17) is 5.11 Å². The third-order valence-electron chi connectivity index (χ3n) is 2.55. The maximum absolute atomic E-state index is 13.7. The molecule has 0 saturated carbocycles. The van der Waals surface area contributed by atoms with Crippen LogP contribution in [0.4, 0.5) is 4.39 Å². The second kappa shape index (κ2) is 8.44. The Kier molecular flexibility index (Phi) is 8.12. The molecular formula is C11H21ClFN3O. The van der Waals surface area contributed by atoms with Crippen molar-refractivity contribution in [2.75, 3.05) is 13.2 Å². The second-order valence-electron chi connectivity index (χ2n) is 3.78. The van der Waals surface area contributed by atoms with Crippen molar-refractivity contribution in [3.63, 3.8) is 0 Å². The van der Waals surface area contributed by atoms with Gasteiger partial charge >= 0.3 is 0 Å². The van der Waals surface area contributed by atoms with Gasteiger partial charge in [0.15, 0.2) is 0 Å². The molecule has 6 heteroatoms. The van der Waals surface area contributed by atoms with Crippen LogP contribution in [0.3, 0.4) is 0 Å². The lowest BCUT2D eigenvalue weighted by Crippen LogP contribution is -2.16. The highest BCUT2D eigenvalue weighted by Gasteiger charge is 2.12. The van der Waals surface area contributed by atoms with Gasteiger partial charge in [0.05, 0.1) is 5.69 Å². The molecule has 0 fully saturated rings. The molecule has 2 N–H and O–H groups in total. The van der Waals surface area contributed by atoms with Crippen molar-refractivity contribution in [3.05, 3.63) is 17.2 Å². The summed E-state index contributed by atoms with van der Waals surface area (Å²) in [6.45, 7) is 5.74. The Labute approximate surface area is 108 Å². The molecule has 0 aliphatic carbocycles. The number of unbranched alkanes of at least 4 members (excludes halogenated alkanes) is 1. The predicted octanol–water partition coefficient (Wildman–Crippen LogP) is 1.63. The number of aliphatic hydroxyl groups is 1. The van der Waals surface area contributed by atoms with E-state index in [1.165, 1.54) is 4.68 Å². The van der Waals surface area contributed by atoms with Gasteiger partial charge < -0.3 is 10.4 Å². The number of hydrogen-bond acceptors (Lipinski definition) is 3. The molecule has 4 nitrogen and oxygen atoms in total.